The third-order valence-electron chi connectivity index (χ3n) is 5.42. The van der Waals surface area contributed by atoms with E-state index in [1.807, 2.05) is 25.2 Å². The van der Waals surface area contributed by atoms with Crippen molar-refractivity contribution in [2.24, 2.45) is 10.9 Å². The summed E-state index contributed by atoms with van der Waals surface area (Å²) >= 11 is 1.74. The van der Waals surface area contributed by atoms with E-state index in [0.29, 0.717) is 5.92 Å². The van der Waals surface area contributed by atoms with Crippen LogP contribution in [0.1, 0.15) is 29.1 Å². The number of aromatic nitrogens is 1. The van der Waals surface area contributed by atoms with Gasteiger partial charge in [-0.25, -0.2) is 4.98 Å². The van der Waals surface area contributed by atoms with Crippen molar-refractivity contribution in [1.29, 1.82) is 0 Å². The molecule has 1 aromatic carbocycles. The fourth-order valence-electron chi connectivity index (χ4n) is 3.75. The summed E-state index contributed by atoms with van der Waals surface area (Å²) in [5, 5.41) is 10.3. The minimum Gasteiger partial charge on any atom is -0.496 e. The molecule has 1 saturated heterocycles. The van der Waals surface area contributed by atoms with Crippen LogP contribution in [0.3, 0.4) is 0 Å². The summed E-state index contributed by atoms with van der Waals surface area (Å²) in [6.07, 6.45) is 3.34. The first kappa shape index (κ1) is 24.9. The Kier molecular flexibility index (Phi) is 10.9. The Morgan fingerprint density at radius 2 is 2.03 bits per heavy atom. The first-order valence-electron chi connectivity index (χ1n) is 10.4. The van der Waals surface area contributed by atoms with Gasteiger partial charge in [0.25, 0.3) is 0 Å². The van der Waals surface area contributed by atoms with Crippen molar-refractivity contribution in [3.63, 3.8) is 0 Å². The number of likely N-dealkylation sites (tertiary alicyclic amines) is 1. The molecule has 3 rings (SSSR count). The fraction of sp³-hybridized carbons (Fsp3) is 0.545. The molecule has 166 valence electrons. The van der Waals surface area contributed by atoms with Gasteiger partial charge in [-0.15, -0.1) is 35.3 Å². The second kappa shape index (κ2) is 13.1. The lowest BCUT2D eigenvalue weighted by Gasteiger charge is -2.31. The standard InChI is InChI=1S/C22H33N5OS.HI/c1-17-26-20(16-29-17)15-27-12-9-18(10-13-27)14-25-22(23-2)24-11-8-19-6-4-5-7-21(19)28-3;/h4-7,16,18H,8-15H2,1-3H3,(H2,23,24,25);1H. The van der Waals surface area contributed by atoms with E-state index < -0.39 is 0 Å². The predicted molar refractivity (Wildman–Crippen MR) is 136 cm³/mol. The van der Waals surface area contributed by atoms with Crippen LogP contribution in [0.25, 0.3) is 0 Å². The quantitative estimate of drug-likeness (QED) is 0.302. The van der Waals surface area contributed by atoms with Crippen LogP contribution in [-0.2, 0) is 13.0 Å². The molecule has 0 radical (unpaired) electrons. The van der Waals surface area contributed by atoms with E-state index in [4.69, 9.17) is 4.74 Å². The molecule has 1 aliphatic heterocycles. The van der Waals surface area contributed by atoms with Crippen molar-refractivity contribution < 1.29 is 4.74 Å². The molecule has 0 spiro atoms. The number of halogens is 1. The van der Waals surface area contributed by atoms with Gasteiger partial charge in [-0.2, -0.15) is 0 Å². The molecule has 2 aromatic rings. The summed E-state index contributed by atoms with van der Waals surface area (Å²) < 4.78 is 5.42. The molecule has 0 aliphatic carbocycles. The second-order valence-corrected chi connectivity index (χ2v) is 8.58. The zero-order valence-corrected chi connectivity index (χ0v) is 21.3. The van der Waals surface area contributed by atoms with Crippen LogP contribution in [0.5, 0.6) is 5.75 Å². The third-order valence-corrected chi connectivity index (χ3v) is 6.24. The van der Waals surface area contributed by atoms with Gasteiger partial charge in [-0.05, 0) is 56.8 Å². The molecule has 0 unspecified atom stereocenters. The number of thiazole rings is 1. The summed E-state index contributed by atoms with van der Waals surface area (Å²) in [7, 11) is 3.55. The summed E-state index contributed by atoms with van der Waals surface area (Å²) in [6, 6.07) is 8.16. The number of hydrogen-bond acceptors (Lipinski definition) is 5. The number of guanidine groups is 1. The topological polar surface area (TPSA) is 61.8 Å². The fourth-order valence-corrected chi connectivity index (χ4v) is 4.35. The number of benzene rings is 1. The van der Waals surface area contributed by atoms with Crippen LogP contribution < -0.4 is 15.4 Å². The average Bonchev–Trinajstić information content (AvgIpc) is 3.16. The molecular weight excluding hydrogens is 509 g/mol. The van der Waals surface area contributed by atoms with E-state index in [0.717, 1.165) is 55.9 Å². The largest absolute Gasteiger partial charge is 0.496 e. The van der Waals surface area contributed by atoms with Crippen LogP contribution in [0, 0.1) is 12.8 Å². The molecule has 8 heteroatoms. The Morgan fingerprint density at radius 1 is 1.27 bits per heavy atom. The molecule has 0 saturated carbocycles. The Hall–Kier alpha value is -1.39. The highest BCUT2D eigenvalue weighted by Gasteiger charge is 2.20. The lowest BCUT2D eigenvalue weighted by atomic mass is 9.97. The second-order valence-electron chi connectivity index (χ2n) is 7.52. The SMILES string of the molecule is CN=C(NCCc1ccccc1OC)NCC1CCN(Cc2csc(C)n2)CC1.I. The highest BCUT2D eigenvalue weighted by molar-refractivity contribution is 14.0. The first-order valence-corrected chi connectivity index (χ1v) is 11.3. The van der Waals surface area contributed by atoms with E-state index in [9.17, 15) is 0 Å². The normalized spacial score (nSPS) is 15.5. The number of nitrogens with zero attached hydrogens (tertiary/aromatic N) is 3. The van der Waals surface area contributed by atoms with Crippen molar-refractivity contribution in [1.82, 2.24) is 20.5 Å². The number of rotatable bonds is 8. The van der Waals surface area contributed by atoms with Gasteiger partial charge in [-0.1, -0.05) is 18.2 Å². The predicted octanol–water partition coefficient (Wildman–Crippen LogP) is 3.70. The Morgan fingerprint density at radius 3 is 2.70 bits per heavy atom. The first-order chi connectivity index (χ1) is 14.2. The molecule has 30 heavy (non-hydrogen) atoms. The molecule has 6 nitrogen and oxygen atoms in total. The number of aryl methyl sites for hydroxylation is 1. The lowest BCUT2D eigenvalue weighted by molar-refractivity contribution is 0.176. The van der Waals surface area contributed by atoms with Crippen LogP contribution in [-0.4, -0.2) is 56.2 Å². The maximum absolute atomic E-state index is 5.42. The minimum absolute atomic E-state index is 0. The van der Waals surface area contributed by atoms with Gasteiger partial charge in [0.1, 0.15) is 5.75 Å². The molecule has 2 N–H and O–H groups in total. The van der Waals surface area contributed by atoms with Gasteiger partial charge in [0.2, 0.25) is 0 Å². The van der Waals surface area contributed by atoms with E-state index in [2.05, 4.69) is 43.9 Å². The smallest absolute Gasteiger partial charge is 0.190 e. The Labute approximate surface area is 201 Å². The van der Waals surface area contributed by atoms with Crippen molar-refractivity contribution in [3.8, 4) is 5.75 Å². The highest BCUT2D eigenvalue weighted by atomic mass is 127. The van der Waals surface area contributed by atoms with Gasteiger partial charge in [0.05, 0.1) is 17.8 Å². The number of piperidine rings is 1. The van der Waals surface area contributed by atoms with Gasteiger partial charge in [-0.3, -0.25) is 9.89 Å². The number of ether oxygens (including phenoxy) is 1. The minimum atomic E-state index is 0. The van der Waals surface area contributed by atoms with Crippen LogP contribution in [0.2, 0.25) is 0 Å². The van der Waals surface area contributed by atoms with Gasteiger partial charge in [0.15, 0.2) is 5.96 Å². The molecule has 0 bridgehead atoms. The van der Waals surface area contributed by atoms with Crippen molar-refractivity contribution >= 4 is 41.3 Å². The maximum atomic E-state index is 5.42. The van der Waals surface area contributed by atoms with Crippen molar-refractivity contribution in [3.05, 3.63) is 45.9 Å². The van der Waals surface area contributed by atoms with Gasteiger partial charge < -0.3 is 15.4 Å². The van der Waals surface area contributed by atoms with Crippen molar-refractivity contribution in [2.45, 2.75) is 32.7 Å². The van der Waals surface area contributed by atoms with Gasteiger partial charge in [0, 0.05) is 32.1 Å². The number of para-hydroxylation sites is 1. The summed E-state index contributed by atoms with van der Waals surface area (Å²) in [5.41, 5.74) is 2.42. The Balaban J connectivity index is 0.00000320. The molecule has 1 aromatic heterocycles. The number of nitrogens with one attached hydrogen (secondary N) is 2. The van der Waals surface area contributed by atoms with Crippen molar-refractivity contribution in [2.75, 3.05) is 40.3 Å². The van der Waals surface area contributed by atoms with Crippen LogP contribution >= 0.6 is 35.3 Å². The van der Waals surface area contributed by atoms with E-state index in [1.165, 1.54) is 24.1 Å². The molecule has 0 atom stereocenters. The van der Waals surface area contributed by atoms with E-state index >= 15 is 0 Å². The average molecular weight is 544 g/mol. The third kappa shape index (κ3) is 7.70. The molecular formula is C22H34IN5OS. The zero-order valence-electron chi connectivity index (χ0n) is 18.2. The zero-order chi connectivity index (χ0) is 20.5. The number of methoxy groups -OCH3 is 1. The number of aliphatic imine (C=N–C) groups is 1. The van der Waals surface area contributed by atoms with E-state index in [1.54, 1.807) is 18.4 Å². The Bertz CT molecular complexity index is 789. The van der Waals surface area contributed by atoms with Crippen LogP contribution in [0.4, 0.5) is 0 Å². The van der Waals surface area contributed by atoms with E-state index in [-0.39, 0.29) is 24.0 Å². The molecule has 1 aliphatic rings. The van der Waals surface area contributed by atoms with Gasteiger partial charge >= 0.3 is 0 Å². The lowest BCUT2D eigenvalue weighted by Crippen LogP contribution is -2.43. The summed E-state index contributed by atoms with van der Waals surface area (Å²) in [4.78, 5) is 11.5. The molecule has 0 amide bonds. The molecule has 2 heterocycles. The monoisotopic (exact) mass is 543 g/mol. The summed E-state index contributed by atoms with van der Waals surface area (Å²) in [5.74, 6) is 2.51. The number of hydrogen-bond donors (Lipinski definition) is 2. The van der Waals surface area contributed by atoms with Crippen LogP contribution in [0.15, 0.2) is 34.6 Å². The molecule has 1 fully saturated rings. The highest BCUT2D eigenvalue weighted by Crippen LogP contribution is 2.19. The maximum Gasteiger partial charge on any atom is 0.190 e. The summed E-state index contributed by atoms with van der Waals surface area (Å²) in [6.45, 7) is 7.13.